The molecule has 162 valence electrons. The number of amides is 1. The van der Waals surface area contributed by atoms with Crippen LogP contribution in [0.3, 0.4) is 0 Å². The van der Waals surface area contributed by atoms with Crippen LogP contribution in [-0.4, -0.2) is 30.2 Å². The molecule has 2 aromatic carbocycles. The molecule has 5 rings (SSSR count). The molecule has 9 heteroatoms. The van der Waals surface area contributed by atoms with Gasteiger partial charge in [-0.1, -0.05) is 53.5 Å². The molecule has 0 aliphatic carbocycles. The highest BCUT2D eigenvalue weighted by atomic mass is 35.5. The molecule has 7 nitrogen and oxygen atoms in total. The topological polar surface area (TPSA) is 77.6 Å². The number of benzene rings is 2. The maximum atomic E-state index is 13.0. The predicted octanol–water partition coefficient (Wildman–Crippen LogP) is 4.54. The summed E-state index contributed by atoms with van der Waals surface area (Å²) in [6.07, 6.45) is 4.62. The van der Waals surface area contributed by atoms with E-state index in [2.05, 4.69) is 26.4 Å². The number of hydrogen-bond acceptors (Lipinski definition) is 4. The van der Waals surface area contributed by atoms with Gasteiger partial charge >= 0.3 is 0 Å². The molecule has 3 heterocycles. The molecule has 0 saturated carbocycles. The molecule has 0 fully saturated rings. The van der Waals surface area contributed by atoms with E-state index >= 15 is 0 Å². The lowest BCUT2D eigenvalue weighted by Gasteiger charge is -2.16. The Balaban J connectivity index is 1.37. The molecule has 1 atom stereocenters. The monoisotopic (exact) mass is 466 g/mol. The lowest BCUT2D eigenvalue weighted by molar-refractivity contribution is 0.0922. The molecule has 1 unspecified atom stereocenters. The van der Waals surface area contributed by atoms with Gasteiger partial charge in [-0.05, 0) is 48.6 Å². The number of nitrogens with zero attached hydrogens (tertiary/aromatic N) is 5. The fourth-order valence-corrected chi connectivity index (χ4v) is 4.57. The molecule has 1 N–H and O–H groups in total. The molecule has 0 bridgehead atoms. The van der Waals surface area contributed by atoms with Crippen molar-refractivity contribution in [3.05, 3.63) is 93.5 Å². The van der Waals surface area contributed by atoms with Crippen molar-refractivity contribution in [1.82, 2.24) is 29.6 Å². The standard InChI is InChI=1S/C23H20Cl2N6O/c1-14-5-4-7-17(24)16(14)12-30-13-27-21(29-30)23(32)28-18-10-9-15-6-2-3-8-19(15)31-20(25)11-26-22(18)31/h2-8,11,13,18H,9-10,12H2,1H3,(H,28,32). The fourth-order valence-electron chi connectivity index (χ4n) is 4.06. The van der Waals surface area contributed by atoms with Gasteiger partial charge in [0.1, 0.15) is 17.3 Å². The van der Waals surface area contributed by atoms with Crippen molar-refractivity contribution in [2.24, 2.45) is 0 Å². The minimum Gasteiger partial charge on any atom is -0.339 e. The summed E-state index contributed by atoms with van der Waals surface area (Å²) in [6.45, 7) is 2.42. The number of fused-ring (bicyclic) bond motifs is 3. The predicted molar refractivity (Wildman–Crippen MR) is 122 cm³/mol. The molecule has 0 radical (unpaired) electrons. The number of hydrogen-bond donors (Lipinski definition) is 1. The third kappa shape index (κ3) is 3.78. The highest BCUT2D eigenvalue weighted by Gasteiger charge is 2.27. The zero-order valence-corrected chi connectivity index (χ0v) is 18.8. The second kappa shape index (κ2) is 8.41. The molecule has 2 aromatic heterocycles. The summed E-state index contributed by atoms with van der Waals surface area (Å²) in [5.74, 6) is 0.432. The molecule has 4 aromatic rings. The van der Waals surface area contributed by atoms with Crippen molar-refractivity contribution >= 4 is 29.1 Å². The lowest BCUT2D eigenvalue weighted by atomic mass is 10.1. The Labute approximate surface area is 195 Å². The molecular weight excluding hydrogens is 447 g/mol. The highest BCUT2D eigenvalue weighted by molar-refractivity contribution is 6.31. The van der Waals surface area contributed by atoms with Crippen LogP contribution in [0.15, 0.2) is 55.0 Å². The third-order valence-corrected chi connectivity index (χ3v) is 6.33. The van der Waals surface area contributed by atoms with E-state index in [1.807, 2.05) is 47.9 Å². The first-order valence-corrected chi connectivity index (χ1v) is 11.0. The number of nitrogens with one attached hydrogen (secondary N) is 1. The number of aryl methyl sites for hydroxylation is 2. The summed E-state index contributed by atoms with van der Waals surface area (Å²) in [7, 11) is 0. The maximum absolute atomic E-state index is 13.0. The van der Waals surface area contributed by atoms with Crippen LogP contribution in [0.2, 0.25) is 10.2 Å². The van der Waals surface area contributed by atoms with Gasteiger partial charge in [-0.3, -0.25) is 9.36 Å². The first-order valence-electron chi connectivity index (χ1n) is 10.3. The van der Waals surface area contributed by atoms with Crippen LogP contribution in [0.4, 0.5) is 0 Å². The Hall–Kier alpha value is -3.16. The van der Waals surface area contributed by atoms with Gasteiger partial charge in [0.2, 0.25) is 5.82 Å². The van der Waals surface area contributed by atoms with Crippen molar-refractivity contribution in [2.45, 2.75) is 32.4 Å². The number of aromatic nitrogens is 5. The van der Waals surface area contributed by atoms with Crippen LogP contribution in [0, 0.1) is 6.92 Å². The van der Waals surface area contributed by atoms with Crippen molar-refractivity contribution in [1.29, 1.82) is 0 Å². The highest BCUT2D eigenvalue weighted by Crippen LogP contribution is 2.32. The Morgan fingerprint density at radius 1 is 1.16 bits per heavy atom. The quantitative estimate of drug-likeness (QED) is 0.478. The summed E-state index contributed by atoms with van der Waals surface area (Å²) in [5.41, 5.74) is 4.15. The Kier molecular flexibility index (Phi) is 5.45. The van der Waals surface area contributed by atoms with E-state index in [1.165, 1.54) is 0 Å². The largest absolute Gasteiger partial charge is 0.339 e. The lowest BCUT2D eigenvalue weighted by Crippen LogP contribution is -2.31. The van der Waals surface area contributed by atoms with E-state index in [4.69, 9.17) is 23.2 Å². The molecule has 0 spiro atoms. The molecular formula is C23H20Cl2N6O. The van der Waals surface area contributed by atoms with Crippen LogP contribution < -0.4 is 5.32 Å². The van der Waals surface area contributed by atoms with Gasteiger partial charge < -0.3 is 5.32 Å². The van der Waals surface area contributed by atoms with Gasteiger partial charge in [0.05, 0.1) is 24.5 Å². The van der Waals surface area contributed by atoms with Crippen LogP contribution in [-0.2, 0) is 13.0 Å². The van der Waals surface area contributed by atoms with Gasteiger partial charge in [0.25, 0.3) is 5.91 Å². The van der Waals surface area contributed by atoms with Crippen LogP contribution in [0.5, 0.6) is 0 Å². The first-order chi connectivity index (χ1) is 15.5. The maximum Gasteiger partial charge on any atom is 0.291 e. The summed E-state index contributed by atoms with van der Waals surface area (Å²) in [5, 5.41) is 8.56. The minimum atomic E-state index is -0.360. The van der Waals surface area contributed by atoms with Crippen LogP contribution in [0.1, 0.15) is 45.6 Å². The van der Waals surface area contributed by atoms with Crippen molar-refractivity contribution in [3.8, 4) is 5.69 Å². The van der Waals surface area contributed by atoms with E-state index in [0.717, 1.165) is 28.8 Å². The van der Waals surface area contributed by atoms with Crippen molar-refractivity contribution in [3.63, 3.8) is 0 Å². The number of halogens is 2. The van der Waals surface area contributed by atoms with Gasteiger partial charge in [-0.25, -0.2) is 14.6 Å². The Bertz CT molecular complexity index is 1290. The zero-order valence-electron chi connectivity index (χ0n) is 17.3. The minimum absolute atomic E-state index is 0.0978. The molecule has 1 aliphatic heterocycles. The number of carbonyl (C=O) groups is 1. The summed E-state index contributed by atoms with van der Waals surface area (Å²) < 4.78 is 3.50. The number of para-hydroxylation sites is 1. The van der Waals surface area contributed by atoms with E-state index in [9.17, 15) is 4.79 Å². The summed E-state index contributed by atoms with van der Waals surface area (Å²) in [6, 6.07) is 13.5. The van der Waals surface area contributed by atoms with Gasteiger partial charge in [0.15, 0.2) is 0 Å². The SMILES string of the molecule is Cc1cccc(Cl)c1Cn1cnc(C(=O)NC2CCc3ccccc3-n3c(Cl)cnc32)n1. The van der Waals surface area contributed by atoms with Gasteiger partial charge in [-0.15, -0.1) is 5.10 Å². The van der Waals surface area contributed by atoms with E-state index in [0.29, 0.717) is 29.0 Å². The van der Waals surface area contributed by atoms with E-state index in [-0.39, 0.29) is 17.8 Å². The summed E-state index contributed by atoms with van der Waals surface area (Å²) in [4.78, 5) is 21.7. The number of rotatable bonds is 4. The Morgan fingerprint density at radius 3 is 2.84 bits per heavy atom. The second-order valence-corrected chi connectivity index (χ2v) is 8.56. The number of carbonyl (C=O) groups excluding carboxylic acids is 1. The van der Waals surface area contributed by atoms with E-state index in [1.54, 1.807) is 17.2 Å². The summed E-state index contributed by atoms with van der Waals surface area (Å²) >= 11 is 12.8. The normalized spacial score (nSPS) is 15.0. The second-order valence-electron chi connectivity index (χ2n) is 7.77. The first kappa shape index (κ1) is 20.7. The zero-order chi connectivity index (χ0) is 22.2. The smallest absolute Gasteiger partial charge is 0.291 e. The molecule has 32 heavy (non-hydrogen) atoms. The average Bonchev–Trinajstić information content (AvgIpc) is 3.37. The third-order valence-electron chi connectivity index (χ3n) is 5.71. The van der Waals surface area contributed by atoms with Gasteiger partial charge in [-0.2, -0.15) is 0 Å². The Morgan fingerprint density at radius 2 is 2.00 bits per heavy atom. The van der Waals surface area contributed by atoms with E-state index < -0.39 is 0 Å². The molecule has 0 saturated heterocycles. The van der Waals surface area contributed by atoms with Crippen LogP contribution in [0.25, 0.3) is 5.69 Å². The average molecular weight is 467 g/mol. The van der Waals surface area contributed by atoms with Gasteiger partial charge in [0, 0.05) is 5.02 Å². The molecule has 1 amide bonds. The number of imidazole rings is 1. The van der Waals surface area contributed by atoms with Crippen molar-refractivity contribution in [2.75, 3.05) is 0 Å². The fraction of sp³-hybridized carbons (Fsp3) is 0.217. The van der Waals surface area contributed by atoms with Crippen LogP contribution >= 0.6 is 23.2 Å². The van der Waals surface area contributed by atoms with Crippen molar-refractivity contribution < 1.29 is 4.79 Å². The molecule has 1 aliphatic rings.